The average molecular weight is 198 g/mol. The van der Waals surface area contributed by atoms with E-state index in [-0.39, 0.29) is 0 Å². The van der Waals surface area contributed by atoms with Crippen LogP contribution in [0.4, 0.5) is 0 Å². The summed E-state index contributed by atoms with van der Waals surface area (Å²) in [7, 11) is 1.89. The van der Waals surface area contributed by atoms with Crippen LogP contribution in [0.1, 0.15) is 32.6 Å². The Labute approximate surface area is 86.9 Å². The van der Waals surface area contributed by atoms with E-state index in [1.54, 1.807) is 0 Å². The standard InChI is InChI=1S/C11H22N2O/c1-3-10-5-4-8-13(9-10)11(14)6-7-12-2/h10,12H,3-9H2,1-2H3. The van der Waals surface area contributed by atoms with E-state index in [1.165, 1.54) is 19.3 Å². The quantitative estimate of drug-likeness (QED) is 0.737. The highest BCUT2D eigenvalue weighted by Crippen LogP contribution is 2.19. The number of nitrogens with one attached hydrogen (secondary N) is 1. The lowest BCUT2D eigenvalue weighted by molar-refractivity contribution is -0.132. The maximum Gasteiger partial charge on any atom is 0.223 e. The topological polar surface area (TPSA) is 32.3 Å². The van der Waals surface area contributed by atoms with E-state index >= 15 is 0 Å². The second-order valence-electron chi connectivity index (χ2n) is 4.11. The predicted octanol–water partition coefficient (Wildman–Crippen LogP) is 1.24. The molecule has 0 aliphatic carbocycles. The molecule has 0 aromatic rings. The fourth-order valence-corrected chi connectivity index (χ4v) is 2.01. The third kappa shape index (κ3) is 3.29. The largest absolute Gasteiger partial charge is 0.342 e. The highest BCUT2D eigenvalue weighted by molar-refractivity contribution is 5.76. The van der Waals surface area contributed by atoms with E-state index in [2.05, 4.69) is 12.2 Å². The van der Waals surface area contributed by atoms with Crippen LogP contribution < -0.4 is 5.32 Å². The molecule has 1 N–H and O–H groups in total. The SMILES string of the molecule is CCC1CCCN(C(=O)CCNC)C1. The van der Waals surface area contributed by atoms with Crippen LogP contribution in [0.2, 0.25) is 0 Å². The Morgan fingerprint density at radius 3 is 3.00 bits per heavy atom. The summed E-state index contributed by atoms with van der Waals surface area (Å²) in [6, 6.07) is 0. The Bertz CT molecular complexity index is 182. The smallest absolute Gasteiger partial charge is 0.223 e. The number of hydrogen-bond acceptors (Lipinski definition) is 2. The number of amides is 1. The summed E-state index contributed by atoms with van der Waals surface area (Å²) in [6.45, 7) is 4.97. The number of piperidine rings is 1. The van der Waals surface area contributed by atoms with Crippen LogP contribution in [0, 0.1) is 5.92 Å². The van der Waals surface area contributed by atoms with Crippen LogP contribution in [-0.2, 0) is 4.79 Å². The summed E-state index contributed by atoms with van der Waals surface area (Å²) in [5.74, 6) is 1.06. The lowest BCUT2D eigenvalue weighted by Crippen LogP contribution is -2.40. The summed E-state index contributed by atoms with van der Waals surface area (Å²) in [4.78, 5) is 13.7. The summed E-state index contributed by atoms with van der Waals surface area (Å²) in [6.07, 6.45) is 4.33. The molecule has 14 heavy (non-hydrogen) atoms. The zero-order valence-corrected chi connectivity index (χ0v) is 9.38. The highest BCUT2D eigenvalue weighted by atomic mass is 16.2. The van der Waals surface area contributed by atoms with E-state index in [4.69, 9.17) is 0 Å². The van der Waals surface area contributed by atoms with Crippen molar-refractivity contribution >= 4 is 5.91 Å². The molecule has 0 aromatic carbocycles. The first kappa shape index (κ1) is 11.5. The van der Waals surface area contributed by atoms with E-state index in [0.29, 0.717) is 12.3 Å². The zero-order valence-electron chi connectivity index (χ0n) is 9.38. The van der Waals surface area contributed by atoms with Gasteiger partial charge in [-0.3, -0.25) is 4.79 Å². The Hall–Kier alpha value is -0.570. The highest BCUT2D eigenvalue weighted by Gasteiger charge is 2.21. The molecule has 1 amide bonds. The Morgan fingerprint density at radius 2 is 2.36 bits per heavy atom. The van der Waals surface area contributed by atoms with Gasteiger partial charge >= 0.3 is 0 Å². The van der Waals surface area contributed by atoms with Gasteiger partial charge in [0.05, 0.1) is 0 Å². The molecule has 0 saturated carbocycles. The number of nitrogens with zero attached hydrogens (tertiary/aromatic N) is 1. The van der Waals surface area contributed by atoms with Crippen molar-refractivity contribution in [1.29, 1.82) is 0 Å². The molecule has 1 aliphatic heterocycles. The van der Waals surface area contributed by atoms with Crippen molar-refractivity contribution in [2.45, 2.75) is 32.6 Å². The van der Waals surface area contributed by atoms with Gasteiger partial charge in [-0.15, -0.1) is 0 Å². The van der Waals surface area contributed by atoms with Gasteiger partial charge in [-0.25, -0.2) is 0 Å². The second kappa shape index (κ2) is 6.02. The summed E-state index contributed by atoms with van der Waals surface area (Å²) < 4.78 is 0. The molecule has 82 valence electrons. The van der Waals surface area contributed by atoms with Gasteiger partial charge in [-0.05, 0) is 25.8 Å². The molecule has 1 heterocycles. The predicted molar refractivity (Wildman–Crippen MR) is 58.1 cm³/mol. The molecule has 1 aliphatic rings. The molecule has 0 spiro atoms. The normalized spacial score (nSPS) is 22.4. The molecule has 1 atom stereocenters. The van der Waals surface area contributed by atoms with Crippen molar-refractivity contribution in [3.8, 4) is 0 Å². The van der Waals surface area contributed by atoms with Crippen LogP contribution in [-0.4, -0.2) is 37.5 Å². The third-order valence-electron chi connectivity index (χ3n) is 3.04. The number of carbonyl (C=O) groups is 1. The van der Waals surface area contributed by atoms with Crippen molar-refractivity contribution in [2.75, 3.05) is 26.7 Å². The third-order valence-corrected chi connectivity index (χ3v) is 3.04. The lowest BCUT2D eigenvalue weighted by atomic mass is 9.95. The van der Waals surface area contributed by atoms with E-state index < -0.39 is 0 Å². The van der Waals surface area contributed by atoms with Gasteiger partial charge in [0.1, 0.15) is 0 Å². The maximum atomic E-state index is 11.7. The first-order valence-electron chi connectivity index (χ1n) is 5.70. The van der Waals surface area contributed by atoms with Gasteiger partial charge in [-0.1, -0.05) is 13.3 Å². The minimum absolute atomic E-state index is 0.317. The van der Waals surface area contributed by atoms with Crippen LogP contribution in [0.25, 0.3) is 0 Å². The Morgan fingerprint density at radius 1 is 1.57 bits per heavy atom. The summed E-state index contributed by atoms with van der Waals surface area (Å²) >= 11 is 0. The van der Waals surface area contributed by atoms with E-state index in [1.807, 2.05) is 11.9 Å². The zero-order chi connectivity index (χ0) is 10.4. The molecule has 0 aromatic heterocycles. The van der Waals surface area contributed by atoms with Gasteiger partial charge in [-0.2, -0.15) is 0 Å². The van der Waals surface area contributed by atoms with Crippen molar-refractivity contribution in [3.63, 3.8) is 0 Å². The molecule has 3 nitrogen and oxygen atoms in total. The van der Waals surface area contributed by atoms with Crippen LogP contribution in [0.5, 0.6) is 0 Å². The van der Waals surface area contributed by atoms with Gasteiger partial charge in [0.25, 0.3) is 0 Å². The Balaban J connectivity index is 2.31. The minimum atomic E-state index is 0.317. The molecule has 1 rings (SSSR count). The number of likely N-dealkylation sites (tertiary alicyclic amines) is 1. The molecule has 1 fully saturated rings. The van der Waals surface area contributed by atoms with Crippen molar-refractivity contribution in [2.24, 2.45) is 5.92 Å². The van der Waals surface area contributed by atoms with Crippen LogP contribution >= 0.6 is 0 Å². The lowest BCUT2D eigenvalue weighted by Gasteiger charge is -2.32. The first-order chi connectivity index (χ1) is 6.77. The van der Waals surface area contributed by atoms with E-state index in [0.717, 1.165) is 25.6 Å². The maximum absolute atomic E-state index is 11.7. The van der Waals surface area contributed by atoms with Crippen LogP contribution in [0.15, 0.2) is 0 Å². The second-order valence-corrected chi connectivity index (χ2v) is 4.11. The van der Waals surface area contributed by atoms with Gasteiger partial charge in [0.15, 0.2) is 0 Å². The van der Waals surface area contributed by atoms with Gasteiger partial charge in [0, 0.05) is 26.1 Å². The minimum Gasteiger partial charge on any atom is -0.342 e. The van der Waals surface area contributed by atoms with Crippen molar-refractivity contribution < 1.29 is 4.79 Å². The molecule has 0 radical (unpaired) electrons. The molecule has 0 bridgehead atoms. The van der Waals surface area contributed by atoms with E-state index in [9.17, 15) is 4.79 Å². The van der Waals surface area contributed by atoms with Crippen molar-refractivity contribution in [1.82, 2.24) is 10.2 Å². The van der Waals surface area contributed by atoms with Crippen LogP contribution in [0.3, 0.4) is 0 Å². The Kier molecular flexibility index (Phi) is 4.94. The summed E-state index contributed by atoms with van der Waals surface area (Å²) in [5, 5.41) is 3.02. The van der Waals surface area contributed by atoms with Crippen molar-refractivity contribution in [3.05, 3.63) is 0 Å². The van der Waals surface area contributed by atoms with Gasteiger partial charge in [0.2, 0.25) is 5.91 Å². The molecular weight excluding hydrogens is 176 g/mol. The molecule has 3 heteroatoms. The van der Waals surface area contributed by atoms with Gasteiger partial charge < -0.3 is 10.2 Å². The first-order valence-corrected chi connectivity index (χ1v) is 5.70. The molecule has 1 unspecified atom stereocenters. The number of hydrogen-bond donors (Lipinski definition) is 1. The fraction of sp³-hybridized carbons (Fsp3) is 0.909. The average Bonchev–Trinajstić information content (AvgIpc) is 2.26. The fourth-order valence-electron chi connectivity index (χ4n) is 2.01. The molecule has 1 saturated heterocycles. The number of carbonyl (C=O) groups excluding carboxylic acids is 1. The summed E-state index contributed by atoms with van der Waals surface area (Å²) in [5.41, 5.74) is 0. The monoisotopic (exact) mass is 198 g/mol. The number of rotatable bonds is 4. The molecular formula is C11H22N2O.